The largest absolute Gasteiger partial charge is 0.351 e. The Morgan fingerprint density at radius 1 is 1.19 bits per heavy atom. The second kappa shape index (κ2) is 6.18. The molecule has 0 radical (unpaired) electrons. The molecule has 1 aromatic carbocycles. The van der Waals surface area contributed by atoms with E-state index in [1.54, 1.807) is 12.3 Å². The SMILES string of the molecule is C[C@@H](NC(=O)Cn1ncc2ccccc2c1=O)C12CC3CC(CC(C3)C1)C2. The lowest BCUT2D eigenvalue weighted by atomic mass is 9.48. The third-order valence-electron chi connectivity index (χ3n) is 7.44. The van der Waals surface area contributed by atoms with Crippen LogP contribution in [0.3, 0.4) is 0 Å². The maximum atomic E-state index is 12.7. The van der Waals surface area contributed by atoms with Crippen LogP contribution in [0.25, 0.3) is 10.8 Å². The maximum Gasteiger partial charge on any atom is 0.275 e. The molecule has 4 fully saturated rings. The predicted octanol–water partition coefficient (Wildman–Crippen LogP) is 3.12. The second-order valence-corrected chi connectivity index (χ2v) is 9.26. The molecule has 4 aliphatic carbocycles. The molecular weight excluding hydrogens is 338 g/mol. The summed E-state index contributed by atoms with van der Waals surface area (Å²) in [5.74, 6) is 2.48. The summed E-state index contributed by atoms with van der Waals surface area (Å²) in [7, 11) is 0. The first-order chi connectivity index (χ1) is 13.0. The van der Waals surface area contributed by atoms with E-state index in [0.717, 1.165) is 23.1 Å². The monoisotopic (exact) mass is 365 g/mol. The van der Waals surface area contributed by atoms with Crippen molar-refractivity contribution in [1.29, 1.82) is 0 Å². The van der Waals surface area contributed by atoms with Gasteiger partial charge in [0.25, 0.3) is 5.56 Å². The Labute approximate surface area is 159 Å². The number of hydrogen-bond acceptors (Lipinski definition) is 3. The van der Waals surface area contributed by atoms with Gasteiger partial charge in [-0.3, -0.25) is 9.59 Å². The minimum Gasteiger partial charge on any atom is -0.351 e. The number of benzene rings is 1. The van der Waals surface area contributed by atoms with Crippen LogP contribution < -0.4 is 10.9 Å². The van der Waals surface area contributed by atoms with E-state index in [0.29, 0.717) is 5.39 Å². The number of carbonyl (C=O) groups is 1. The Kier molecular flexibility index (Phi) is 3.88. The van der Waals surface area contributed by atoms with E-state index in [9.17, 15) is 9.59 Å². The van der Waals surface area contributed by atoms with Crippen molar-refractivity contribution in [2.45, 2.75) is 58.0 Å². The highest BCUT2D eigenvalue weighted by molar-refractivity contribution is 5.81. The zero-order valence-corrected chi connectivity index (χ0v) is 15.9. The number of amides is 1. The number of hydrogen-bond donors (Lipinski definition) is 1. The van der Waals surface area contributed by atoms with Gasteiger partial charge < -0.3 is 5.32 Å². The van der Waals surface area contributed by atoms with Gasteiger partial charge in [-0.2, -0.15) is 5.10 Å². The summed E-state index contributed by atoms with van der Waals surface area (Å²) in [6.07, 6.45) is 9.63. The minimum absolute atomic E-state index is 0.0135. The highest BCUT2D eigenvalue weighted by atomic mass is 16.2. The molecule has 4 saturated carbocycles. The Bertz CT molecular complexity index is 913. The molecule has 0 unspecified atom stereocenters. The van der Waals surface area contributed by atoms with Crippen molar-refractivity contribution in [3.63, 3.8) is 0 Å². The van der Waals surface area contributed by atoms with Gasteiger partial charge in [-0.05, 0) is 74.7 Å². The van der Waals surface area contributed by atoms with Crippen LogP contribution in [0.1, 0.15) is 45.4 Å². The smallest absolute Gasteiger partial charge is 0.275 e. The van der Waals surface area contributed by atoms with Gasteiger partial charge in [-0.15, -0.1) is 0 Å². The average molecular weight is 365 g/mol. The molecule has 1 amide bonds. The van der Waals surface area contributed by atoms with E-state index >= 15 is 0 Å². The van der Waals surface area contributed by atoms with Crippen LogP contribution in [0.4, 0.5) is 0 Å². The summed E-state index contributed by atoms with van der Waals surface area (Å²) < 4.78 is 1.28. The van der Waals surface area contributed by atoms with Crippen LogP contribution in [-0.4, -0.2) is 21.7 Å². The highest BCUT2D eigenvalue weighted by Gasteiger charge is 2.53. The van der Waals surface area contributed by atoms with Crippen molar-refractivity contribution in [1.82, 2.24) is 15.1 Å². The Morgan fingerprint density at radius 2 is 1.81 bits per heavy atom. The van der Waals surface area contributed by atoms with Crippen molar-refractivity contribution in [2.24, 2.45) is 23.2 Å². The lowest BCUT2D eigenvalue weighted by molar-refractivity contribution is -0.126. The lowest BCUT2D eigenvalue weighted by Gasteiger charge is -2.59. The third-order valence-corrected chi connectivity index (χ3v) is 7.44. The van der Waals surface area contributed by atoms with Crippen LogP contribution in [0.2, 0.25) is 0 Å². The molecule has 1 heterocycles. The normalized spacial score (nSPS) is 32.6. The Hall–Kier alpha value is -2.17. The molecule has 2 aromatic rings. The fraction of sp³-hybridized carbons (Fsp3) is 0.591. The molecule has 1 N–H and O–H groups in total. The highest BCUT2D eigenvalue weighted by Crippen LogP contribution is 2.61. The van der Waals surface area contributed by atoms with Crippen molar-refractivity contribution in [3.8, 4) is 0 Å². The summed E-state index contributed by atoms with van der Waals surface area (Å²) in [4.78, 5) is 25.3. The molecule has 4 bridgehead atoms. The van der Waals surface area contributed by atoms with E-state index in [4.69, 9.17) is 0 Å². The van der Waals surface area contributed by atoms with Gasteiger partial charge in [0.05, 0.1) is 11.6 Å². The molecule has 1 atom stereocenters. The summed E-state index contributed by atoms with van der Waals surface area (Å²) in [6, 6.07) is 7.53. The van der Waals surface area contributed by atoms with Crippen molar-refractivity contribution in [2.75, 3.05) is 0 Å². The third kappa shape index (κ3) is 2.88. The molecule has 142 valence electrons. The first kappa shape index (κ1) is 17.0. The number of nitrogens with zero attached hydrogens (tertiary/aromatic N) is 2. The summed E-state index contributed by atoms with van der Waals surface area (Å²) in [5.41, 5.74) is 0.0670. The van der Waals surface area contributed by atoms with Gasteiger partial charge in [0.1, 0.15) is 6.54 Å². The number of rotatable bonds is 4. The number of nitrogens with one attached hydrogen (secondary N) is 1. The van der Waals surface area contributed by atoms with Gasteiger partial charge in [0.2, 0.25) is 5.91 Å². The molecule has 6 rings (SSSR count). The fourth-order valence-electron chi connectivity index (χ4n) is 6.52. The molecule has 4 aliphatic rings. The van der Waals surface area contributed by atoms with E-state index in [1.807, 2.05) is 18.2 Å². The predicted molar refractivity (Wildman–Crippen MR) is 104 cm³/mol. The molecule has 0 aliphatic heterocycles. The van der Waals surface area contributed by atoms with E-state index < -0.39 is 0 Å². The summed E-state index contributed by atoms with van der Waals surface area (Å²) in [5, 5.41) is 8.82. The fourth-order valence-corrected chi connectivity index (χ4v) is 6.52. The van der Waals surface area contributed by atoms with Crippen LogP contribution in [-0.2, 0) is 11.3 Å². The summed E-state index contributed by atoms with van der Waals surface area (Å²) >= 11 is 0. The number of aromatic nitrogens is 2. The van der Waals surface area contributed by atoms with E-state index in [-0.39, 0.29) is 29.5 Å². The molecule has 0 saturated heterocycles. The zero-order chi connectivity index (χ0) is 18.6. The summed E-state index contributed by atoms with van der Waals surface area (Å²) in [6.45, 7) is 2.15. The zero-order valence-electron chi connectivity index (χ0n) is 15.9. The van der Waals surface area contributed by atoms with Crippen LogP contribution in [0.5, 0.6) is 0 Å². The molecule has 0 spiro atoms. The Balaban J connectivity index is 1.31. The average Bonchev–Trinajstić information content (AvgIpc) is 2.63. The second-order valence-electron chi connectivity index (χ2n) is 9.26. The lowest BCUT2D eigenvalue weighted by Crippen LogP contribution is -2.56. The molecule has 5 heteroatoms. The number of carbonyl (C=O) groups excluding carboxylic acids is 1. The van der Waals surface area contributed by atoms with Crippen LogP contribution >= 0.6 is 0 Å². The van der Waals surface area contributed by atoms with Gasteiger partial charge in [0, 0.05) is 11.4 Å². The van der Waals surface area contributed by atoms with Gasteiger partial charge in [-0.1, -0.05) is 18.2 Å². The van der Waals surface area contributed by atoms with Gasteiger partial charge >= 0.3 is 0 Å². The van der Waals surface area contributed by atoms with Crippen molar-refractivity contribution in [3.05, 3.63) is 40.8 Å². The minimum atomic E-state index is -0.203. The first-order valence-electron chi connectivity index (χ1n) is 10.3. The molecular formula is C22H27N3O2. The maximum absolute atomic E-state index is 12.7. The molecule has 5 nitrogen and oxygen atoms in total. The van der Waals surface area contributed by atoms with E-state index in [1.165, 1.54) is 43.2 Å². The van der Waals surface area contributed by atoms with E-state index in [2.05, 4.69) is 17.3 Å². The Morgan fingerprint density at radius 3 is 2.48 bits per heavy atom. The molecule has 1 aromatic heterocycles. The van der Waals surface area contributed by atoms with Crippen molar-refractivity contribution >= 4 is 16.7 Å². The standard InChI is InChI=1S/C22H27N3O2/c1-14(22-9-15-6-16(10-22)8-17(7-15)11-22)24-20(26)13-25-21(27)19-5-3-2-4-18(19)12-23-25/h2-5,12,14-17H,6-11,13H2,1H3,(H,24,26)/t14-,15?,16?,17?,22?/m1/s1. The van der Waals surface area contributed by atoms with Gasteiger partial charge in [-0.25, -0.2) is 4.68 Å². The quantitative estimate of drug-likeness (QED) is 0.905. The van der Waals surface area contributed by atoms with Gasteiger partial charge in [0.15, 0.2) is 0 Å². The topological polar surface area (TPSA) is 64.0 Å². The first-order valence-corrected chi connectivity index (χ1v) is 10.3. The van der Waals surface area contributed by atoms with Crippen LogP contribution in [0, 0.1) is 23.2 Å². The van der Waals surface area contributed by atoms with Crippen LogP contribution in [0.15, 0.2) is 35.3 Å². The van der Waals surface area contributed by atoms with Crippen molar-refractivity contribution < 1.29 is 4.79 Å². The number of fused-ring (bicyclic) bond motifs is 1. The molecule has 27 heavy (non-hydrogen) atoms.